The monoisotopic (exact) mass is 353 g/mol. The van der Waals surface area contributed by atoms with Gasteiger partial charge in [-0.1, -0.05) is 55.8 Å². The molecule has 4 heteroatoms. The first-order chi connectivity index (χ1) is 10.6. The first-order valence-corrected chi connectivity index (χ1v) is 8.19. The fourth-order valence-corrected chi connectivity index (χ4v) is 2.37. The summed E-state index contributed by atoms with van der Waals surface area (Å²) in [4.78, 5) is 0. The van der Waals surface area contributed by atoms with Crippen LogP contribution in [0.5, 0.6) is 5.75 Å². The van der Waals surface area contributed by atoms with Crippen LogP contribution in [0.3, 0.4) is 0 Å². The SMILES string of the molecule is CC(C)CCNCc1cc(Cl)ccc1OCc1ccccc1.Cl. The Labute approximate surface area is 150 Å². The van der Waals surface area contributed by atoms with Gasteiger partial charge in [0.2, 0.25) is 0 Å². The van der Waals surface area contributed by atoms with Crippen molar-refractivity contribution in [1.29, 1.82) is 0 Å². The van der Waals surface area contributed by atoms with Gasteiger partial charge < -0.3 is 10.1 Å². The molecule has 126 valence electrons. The molecule has 0 aliphatic heterocycles. The van der Waals surface area contributed by atoms with Crippen molar-refractivity contribution in [2.45, 2.75) is 33.4 Å². The zero-order chi connectivity index (χ0) is 15.8. The minimum atomic E-state index is 0. The van der Waals surface area contributed by atoms with E-state index in [-0.39, 0.29) is 12.4 Å². The molecule has 0 atom stereocenters. The third kappa shape index (κ3) is 7.26. The highest BCUT2D eigenvalue weighted by atomic mass is 35.5. The van der Waals surface area contributed by atoms with E-state index in [1.165, 1.54) is 6.42 Å². The largest absolute Gasteiger partial charge is 0.489 e. The Morgan fingerprint density at radius 3 is 2.52 bits per heavy atom. The normalized spacial score (nSPS) is 10.4. The fraction of sp³-hybridized carbons (Fsp3) is 0.368. The van der Waals surface area contributed by atoms with Gasteiger partial charge in [0.05, 0.1) is 0 Å². The molecule has 0 heterocycles. The van der Waals surface area contributed by atoms with Gasteiger partial charge in [-0.3, -0.25) is 0 Å². The molecule has 0 fully saturated rings. The van der Waals surface area contributed by atoms with Gasteiger partial charge >= 0.3 is 0 Å². The van der Waals surface area contributed by atoms with Crippen LogP contribution in [-0.4, -0.2) is 6.54 Å². The summed E-state index contributed by atoms with van der Waals surface area (Å²) in [5.41, 5.74) is 2.27. The minimum absolute atomic E-state index is 0. The van der Waals surface area contributed by atoms with Crippen molar-refractivity contribution in [2.24, 2.45) is 5.92 Å². The highest BCUT2D eigenvalue weighted by molar-refractivity contribution is 6.30. The van der Waals surface area contributed by atoms with Crippen molar-refractivity contribution >= 4 is 24.0 Å². The van der Waals surface area contributed by atoms with Crippen LogP contribution in [0.2, 0.25) is 5.02 Å². The topological polar surface area (TPSA) is 21.3 Å². The van der Waals surface area contributed by atoms with Crippen LogP contribution in [0.1, 0.15) is 31.4 Å². The summed E-state index contributed by atoms with van der Waals surface area (Å²) in [6, 6.07) is 16.0. The van der Waals surface area contributed by atoms with E-state index in [0.29, 0.717) is 12.5 Å². The lowest BCUT2D eigenvalue weighted by atomic mass is 10.1. The van der Waals surface area contributed by atoms with Gasteiger partial charge in [-0.2, -0.15) is 0 Å². The molecule has 2 nitrogen and oxygen atoms in total. The molecule has 23 heavy (non-hydrogen) atoms. The van der Waals surface area contributed by atoms with E-state index in [9.17, 15) is 0 Å². The molecule has 2 rings (SSSR count). The van der Waals surface area contributed by atoms with Gasteiger partial charge in [-0.05, 0) is 42.6 Å². The number of hydrogen-bond donors (Lipinski definition) is 1. The standard InChI is InChI=1S/C19H24ClNO.ClH/c1-15(2)10-11-21-13-17-12-18(20)8-9-19(17)22-14-16-6-4-3-5-7-16;/h3-9,12,15,21H,10-11,13-14H2,1-2H3;1H. The second-order valence-corrected chi connectivity index (χ2v) is 6.32. The van der Waals surface area contributed by atoms with Crippen molar-refractivity contribution in [3.05, 3.63) is 64.7 Å². The lowest BCUT2D eigenvalue weighted by molar-refractivity contribution is 0.302. The van der Waals surface area contributed by atoms with Crippen molar-refractivity contribution in [3.8, 4) is 5.75 Å². The predicted molar refractivity (Wildman–Crippen MR) is 101 cm³/mol. The average Bonchev–Trinajstić information content (AvgIpc) is 2.51. The average molecular weight is 354 g/mol. The zero-order valence-electron chi connectivity index (χ0n) is 13.7. The Bertz CT molecular complexity index is 573. The molecule has 0 unspecified atom stereocenters. The van der Waals surface area contributed by atoms with E-state index in [1.807, 2.05) is 36.4 Å². The molecule has 1 N–H and O–H groups in total. The molecule has 0 aliphatic carbocycles. The molecule has 2 aromatic carbocycles. The second kappa shape index (κ2) is 10.5. The smallest absolute Gasteiger partial charge is 0.124 e. The van der Waals surface area contributed by atoms with Crippen molar-refractivity contribution in [2.75, 3.05) is 6.54 Å². The number of halogens is 2. The number of nitrogens with one attached hydrogen (secondary N) is 1. The maximum absolute atomic E-state index is 6.11. The van der Waals surface area contributed by atoms with Gasteiger partial charge in [0.25, 0.3) is 0 Å². The molecule has 0 saturated carbocycles. The van der Waals surface area contributed by atoms with Crippen LogP contribution in [0.25, 0.3) is 0 Å². The Balaban J connectivity index is 0.00000264. The van der Waals surface area contributed by atoms with Crippen LogP contribution in [0.4, 0.5) is 0 Å². The maximum atomic E-state index is 6.11. The quantitative estimate of drug-likeness (QED) is 0.634. The molecule has 0 bridgehead atoms. The third-order valence-corrected chi connectivity index (χ3v) is 3.71. The van der Waals surface area contributed by atoms with E-state index in [2.05, 4.69) is 31.3 Å². The summed E-state index contributed by atoms with van der Waals surface area (Å²) < 4.78 is 5.96. The summed E-state index contributed by atoms with van der Waals surface area (Å²) in [6.07, 6.45) is 1.17. The van der Waals surface area contributed by atoms with Crippen LogP contribution in [-0.2, 0) is 13.2 Å². The van der Waals surface area contributed by atoms with Crippen LogP contribution in [0.15, 0.2) is 48.5 Å². The van der Waals surface area contributed by atoms with Crippen LogP contribution >= 0.6 is 24.0 Å². The van der Waals surface area contributed by atoms with E-state index in [4.69, 9.17) is 16.3 Å². The predicted octanol–water partition coefficient (Wildman–Crippen LogP) is 5.48. The van der Waals surface area contributed by atoms with E-state index in [0.717, 1.165) is 35.0 Å². The molecule has 0 spiro atoms. The van der Waals surface area contributed by atoms with Crippen molar-refractivity contribution in [3.63, 3.8) is 0 Å². The Morgan fingerprint density at radius 2 is 1.83 bits per heavy atom. The van der Waals surface area contributed by atoms with Gasteiger partial charge in [-0.25, -0.2) is 0 Å². The van der Waals surface area contributed by atoms with Gasteiger partial charge in [0.1, 0.15) is 12.4 Å². The molecule has 0 saturated heterocycles. The molecule has 0 aliphatic rings. The van der Waals surface area contributed by atoms with E-state index >= 15 is 0 Å². The summed E-state index contributed by atoms with van der Waals surface area (Å²) in [5.74, 6) is 1.60. The first kappa shape index (κ1) is 19.8. The number of ether oxygens (including phenoxy) is 1. The molecule has 0 amide bonds. The lowest BCUT2D eigenvalue weighted by Gasteiger charge is -2.13. The fourth-order valence-electron chi connectivity index (χ4n) is 2.18. The summed E-state index contributed by atoms with van der Waals surface area (Å²) in [6.45, 7) is 6.81. The van der Waals surface area contributed by atoms with E-state index < -0.39 is 0 Å². The van der Waals surface area contributed by atoms with Gasteiger partial charge in [0, 0.05) is 17.1 Å². The third-order valence-electron chi connectivity index (χ3n) is 3.47. The summed E-state index contributed by atoms with van der Waals surface area (Å²) in [5, 5.41) is 4.20. The zero-order valence-corrected chi connectivity index (χ0v) is 15.3. The molecule has 0 aromatic heterocycles. The van der Waals surface area contributed by atoms with E-state index in [1.54, 1.807) is 0 Å². The Hall–Kier alpha value is -1.22. The van der Waals surface area contributed by atoms with Crippen molar-refractivity contribution in [1.82, 2.24) is 5.32 Å². The maximum Gasteiger partial charge on any atom is 0.124 e. The summed E-state index contributed by atoms with van der Waals surface area (Å²) in [7, 11) is 0. The van der Waals surface area contributed by atoms with Crippen molar-refractivity contribution < 1.29 is 4.74 Å². The first-order valence-electron chi connectivity index (χ1n) is 7.81. The Morgan fingerprint density at radius 1 is 1.09 bits per heavy atom. The number of hydrogen-bond acceptors (Lipinski definition) is 2. The number of benzene rings is 2. The highest BCUT2D eigenvalue weighted by Gasteiger charge is 2.05. The van der Waals surface area contributed by atoms with Crippen LogP contribution < -0.4 is 10.1 Å². The van der Waals surface area contributed by atoms with Gasteiger partial charge in [0.15, 0.2) is 0 Å². The summed E-state index contributed by atoms with van der Waals surface area (Å²) >= 11 is 6.11. The molecular weight excluding hydrogens is 329 g/mol. The molecular formula is C19H25Cl2NO. The van der Waals surface area contributed by atoms with Crippen LogP contribution in [0, 0.1) is 5.92 Å². The highest BCUT2D eigenvalue weighted by Crippen LogP contribution is 2.24. The molecule has 2 aromatic rings. The second-order valence-electron chi connectivity index (χ2n) is 5.89. The van der Waals surface area contributed by atoms with Gasteiger partial charge in [-0.15, -0.1) is 12.4 Å². The lowest BCUT2D eigenvalue weighted by Crippen LogP contribution is -2.17. The minimum Gasteiger partial charge on any atom is -0.489 e. The Kier molecular flexibility index (Phi) is 9.08. The molecule has 0 radical (unpaired) electrons. The number of rotatable bonds is 8.